The molecule has 2 aromatic rings. The lowest BCUT2D eigenvalue weighted by Crippen LogP contribution is -2.51. The maximum atomic E-state index is 15.0. The van der Waals surface area contributed by atoms with Crippen molar-refractivity contribution in [1.82, 2.24) is 20.5 Å². The van der Waals surface area contributed by atoms with Crippen LogP contribution in [-0.2, 0) is 44.6 Å². The summed E-state index contributed by atoms with van der Waals surface area (Å²) in [7, 11) is 0. The van der Waals surface area contributed by atoms with Gasteiger partial charge in [-0.25, -0.2) is 9.82 Å². The highest BCUT2D eigenvalue weighted by molar-refractivity contribution is 6.03. The van der Waals surface area contributed by atoms with E-state index in [1.165, 1.54) is 22.6 Å². The van der Waals surface area contributed by atoms with Crippen LogP contribution < -0.4 is 10.7 Å². The van der Waals surface area contributed by atoms with Crippen LogP contribution in [0.4, 0.5) is 4.39 Å². The van der Waals surface area contributed by atoms with Gasteiger partial charge in [0.15, 0.2) is 11.6 Å². The van der Waals surface area contributed by atoms with Crippen LogP contribution in [0.3, 0.4) is 0 Å². The van der Waals surface area contributed by atoms with Crippen molar-refractivity contribution in [1.29, 1.82) is 0 Å². The summed E-state index contributed by atoms with van der Waals surface area (Å²) >= 11 is 0. The number of fused-ring (bicyclic) bond motifs is 5. The second-order valence-electron chi connectivity index (χ2n) is 20.3. The minimum absolute atomic E-state index is 0.0353. The van der Waals surface area contributed by atoms with Crippen molar-refractivity contribution >= 4 is 41.4 Å². The zero-order chi connectivity index (χ0) is 49.0. The first kappa shape index (κ1) is 51.7. The summed E-state index contributed by atoms with van der Waals surface area (Å²) in [4.78, 5) is 78.5. The lowest BCUT2D eigenvalue weighted by molar-refractivity contribution is -0.138. The maximum absolute atomic E-state index is 15.0. The molecule has 1 heterocycles. The Hall–Kier alpha value is -5.12. The Morgan fingerprint density at radius 3 is 2.39 bits per heavy atom. The molecule has 0 aromatic heterocycles. The van der Waals surface area contributed by atoms with Crippen LogP contribution in [0, 0.1) is 47.2 Å². The van der Waals surface area contributed by atoms with E-state index in [9.17, 15) is 33.2 Å². The van der Waals surface area contributed by atoms with Crippen molar-refractivity contribution in [3.05, 3.63) is 82.2 Å². The van der Waals surface area contributed by atoms with Gasteiger partial charge in [-0.2, -0.15) is 5.10 Å². The normalized spacial score (nSPS) is 25.5. The molecule has 6 unspecified atom stereocenters. The molecule has 2 N–H and O–H groups in total. The zero-order valence-electron chi connectivity index (χ0n) is 40.9. The molecule has 6 atom stereocenters. The molecule has 14 nitrogen and oxygen atoms in total. The van der Waals surface area contributed by atoms with Crippen molar-refractivity contribution in [3.63, 3.8) is 0 Å². The van der Waals surface area contributed by atoms with Gasteiger partial charge in [0.05, 0.1) is 31.1 Å². The fraction of sp³-hybridized carbons (Fsp3) is 0.611. The highest BCUT2D eigenvalue weighted by Gasteiger charge is 2.60. The van der Waals surface area contributed by atoms with E-state index in [2.05, 4.69) is 29.7 Å². The number of ether oxygens (including phenoxy) is 3. The molecule has 5 aliphatic rings. The summed E-state index contributed by atoms with van der Waals surface area (Å²) in [6.07, 6.45) is 13.6. The van der Waals surface area contributed by atoms with Crippen molar-refractivity contribution in [2.75, 3.05) is 72.4 Å². The summed E-state index contributed by atoms with van der Waals surface area (Å²) in [6.45, 7) is 9.42. The second kappa shape index (κ2) is 24.1. The first-order valence-corrected chi connectivity index (χ1v) is 25.3. The van der Waals surface area contributed by atoms with Crippen LogP contribution >= 0.6 is 0 Å². The number of hydrogen-bond acceptors (Lipinski definition) is 10. The van der Waals surface area contributed by atoms with Crippen LogP contribution in [0.1, 0.15) is 118 Å². The van der Waals surface area contributed by atoms with E-state index in [1.54, 1.807) is 11.0 Å². The number of hydrazone groups is 1. The average molecular weight is 954 g/mol. The van der Waals surface area contributed by atoms with Crippen molar-refractivity contribution < 1.29 is 47.4 Å². The van der Waals surface area contributed by atoms with Crippen LogP contribution in [0.2, 0.25) is 0 Å². The Labute approximate surface area is 406 Å². The van der Waals surface area contributed by atoms with Gasteiger partial charge in [-0.15, -0.1) is 0 Å². The number of nitrogens with zero attached hydrogens (tertiary/aromatic N) is 3. The van der Waals surface area contributed by atoms with Gasteiger partial charge in [0.1, 0.15) is 19.0 Å². The van der Waals surface area contributed by atoms with Crippen LogP contribution in [0.5, 0.6) is 0 Å². The highest BCUT2D eigenvalue weighted by atomic mass is 19.1. The number of nitrogens with one attached hydrogen (secondary N) is 2. The molecule has 69 heavy (non-hydrogen) atoms. The fourth-order valence-corrected chi connectivity index (χ4v) is 12.4. The van der Waals surface area contributed by atoms with Crippen LogP contribution in [0.25, 0.3) is 0 Å². The maximum Gasteiger partial charge on any atom is 0.256 e. The molecule has 4 fully saturated rings. The molecule has 1 saturated heterocycles. The summed E-state index contributed by atoms with van der Waals surface area (Å²) in [6, 6.07) is 11.9. The van der Waals surface area contributed by atoms with Crippen molar-refractivity contribution in [2.24, 2.45) is 39.6 Å². The molecule has 0 spiro atoms. The van der Waals surface area contributed by atoms with Gasteiger partial charge >= 0.3 is 0 Å². The van der Waals surface area contributed by atoms with E-state index in [1.807, 2.05) is 37.3 Å². The van der Waals surface area contributed by atoms with Crippen molar-refractivity contribution in [2.45, 2.75) is 104 Å². The third-order valence-electron chi connectivity index (χ3n) is 16.2. The first-order valence-electron chi connectivity index (χ1n) is 25.3. The number of Topliss-reactive ketones (excluding diaryl/α,β-unsaturated/α-hetero) is 1. The number of hydrogen-bond donors (Lipinski definition) is 2. The fourth-order valence-electron chi connectivity index (χ4n) is 12.4. The predicted octanol–water partition coefficient (Wildman–Crippen LogP) is 6.55. The molecule has 15 heteroatoms. The minimum atomic E-state index is -0.643. The molecule has 4 aliphatic carbocycles. The summed E-state index contributed by atoms with van der Waals surface area (Å²) in [5, 5.41) is 7.07. The Balaban J connectivity index is 0.694. The monoisotopic (exact) mass is 954 g/mol. The number of allylic oxidation sites excluding steroid dienone is 1. The SMILES string of the molecule is Cc1ccccc1/C(Cc1ccc(F)c(C(=O)N2CCN(C(=O)COCCOCCNC(=O)CCCCCOCC(=O)C3CCC4C5CCC6=CC(=O)CCC6(C)C5CCC34C)CC2)c1)=N\NC=O. The third-order valence-corrected chi connectivity index (χ3v) is 16.2. The highest BCUT2D eigenvalue weighted by Crippen LogP contribution is 2.66. The molecule has 3 saturated carbocycles. The zero-order valence-corrected chi connectivity index (χ0v) is 40.9. The van der Waals surface area contributed by atoms with E-state index >= 15 is 0 Å². The Morgan fingerprint density at radius 2 is 1.59 bits per heavy atom. The molecule has 7 rings (SSSR count). The summed E-state index contributed by atoms with van der Waals surface area (Å²) < 4.78 is 32.0. The predicted molar refractivity (Wildman–Crippen MR) is 259 cm³/mol. The average Bonchev–Trinajstić information content (AvgIpc) is 3.71. The Morgan fingerprint density at radius 1 is 0.826 bits per heavy atom. The summed E-state index contributed by atoms with van der Waals surface area (Å²) in [5.41, 5.74) is 6.84. The number of carbonyl (C=O) groups excluding carboxylic acids is 6. The molecule has 374 valence electrons. The number of benzene rings is 2. The number of piperazine rings is 1. The number of aryl methyl sites for hydroxylation is 1. The largest absolute Gasteiger partial charge is 0.377 e. The van der Waals surface area contributed by atoms with E-state index in [-0.39, 0.29) is 98.9 Å². The van der Waals surface area contributed by atoms with E-state index in [0.717, 1.165) is 75.3 Å². The molecular weight excluding hydrogens is 882 g/mol. The van der Waals surface area contributed by atoms with Crippen LogP contribution in [-0.4, -0.2) is 124 Å². The van der Waals surface area contributed by atoms with Crippen molar-refractivity contribution in [3.8, 4) is 0 Å². The number of ketones is 2. The number of rotatable bonds is 23. The first-order chi connectivity index (χ1) is 33.3. The van der Waals surface area contributed by atoms with Gasteiger partial charge in [0, 0.05) is 70.1 Å². The van der Waals surface area contributed by atoms with E-state index in [0.29, 0.717) is 73.8 Å². The number of halogens is 1. The quantitative estimate of drug-likeness (QED) is 0.0542. The minimum Gasteiger partial charge on any atom is -0.377 e. The molecule has 1 aliphatic heterocycles. The number of amides is 4. The molecule has 0 radical (unpaired) electrons. The molecule has 2 aromatic carbocycles. The Kier molecular flexibility index (Phi) is 18.1. The summed E-state index contributed by atoms with van der Waals surface area (Å²) in [5.74, 6) is 1.05. The topological polar surface area (TPSA) is 173 Å². The lowest BCUT2D eigenvalue weighted by Gasteiger charge is -2.58. The van der Waals surface area contributed by atoms with Gasteiger partial charge in [0.2, 0.25) is 18.2 Å². The standard InChI is InChI=1S/C54H72FN5O9/c1-37-9-6-7-10-41(37)48(58-57-36-61)32-38-12-17-47(55)43(31-38)52(66)60-25-23-59(24-26-60)51(65)35-69-30-29-67-28-22-56-50(64)11-5-4-8-27-68-34-49(63)46-16-15-44-42-14-13-39-33-40(62)18-20-53(39,2)45(42)19-21-54(44,46)3/h6-7,9-10,12,17,31,33,36,42,44-46H,4-5,8,11,13-16,18-30,32,34-35H2,1-3H3,(H,56,64)(H,57,61)/b58-48-. The molecule has 4 amide bonds. The van der Waals surface area contributed by atoms with E-state index in [4.69, 9.17) is 14.2 Å². The third kappa shape index (κ3) is 12.6. The lowest BCUT2D eigenvalue weighted by atomic mass is 9.46. The number of carbonyl (C=O) groups is 6. The Bertz CT molecular complexity index is 2240. The van der Waals surface area contributed by atoms with Gasteiger partial charge in [-0.05, 0) is 123 Å². The molecule has 0 bridgehead atoms. The number of unbranched alkanes of at least 4 members (excludes halogenated alkanes) is 2. The van der Waals surface area contributed by atoms with Gasteiger partial charge in [-0.3, -0.25) is 28.8 Å². The van der Waals surface area contributed by atoms with Gasteiger partial charge < -0.3 is 29.3 Å². The molecular formula is C54H72FN5O9. The smallest absolute Gasteiger partial charge is 0.256 e. The van der Waals surface area contributed by atoms with Gasteiger partial charge in [-0.1, -0.05) is 56.2 Å². The van der Waals surface area contributed by atoms with Crippen LogP contribution in [0.15, 0.2) is 59.2 Å². The van der Waals surface area contributed by atoms with Gasteiger partial charge in [0.25, 0.3) is 5.91 Å². The second-order valence-corrected chi connectivity index (χ2v) is 20.3. The van der Waals surface area contributed by atoms with E-state index < -0.39 is 11.7 Å².